The molecule has 2 heterocycles. The highest BCUT2D eigenvalue weighted by Gasteiger charge is 2.29. The van der Waals surface area contributed by atoms with Gasteiger partial charge in [0.2, 0.25) is 5.43 Å². The van der Waals surface area contributed by atoms with Gasteiger partial charge in [0.1, 0.15) is 16.7 Å². The van der Waals surface area contributed by atoms with Crippen molar-refractivity contribution in [1.82, 2.24) is 9.47 Å². The molecule has 0 radical (unpaired) electrons. The standard InChI is InChI=1S/C22H23F2N3O3S/c1-3-5-15(10-13-6-7-14(23)11-17(13)24)31-21(25)16-12-27-9-8-26(4-2)22(30)18(27)20(29)19(16)28/h5-7,11-12,25,29H,3-4,8-10H2,1-2H3/b15-5+,25-21?. The number of thioether (sulfide) groups is 1. The highest BCUT2D eigenvalue weighted by molar-refractivity contribution is 8.17. The summed E-state index contributed by atoms with van der Waals surface area (Å²) in [6, 6.07) is 3.32. The van der Waals surface area contributed by atoms with E-state index in [0.717, 1.165) is 17.8 Å². The third kappa shape index (κ3) is 4.71. The number of amides is 1. The molecular weight excluding hydrogens is 424 g/mol. The average Bonchev–Trinajstić information content (AvgIpc) is 2.72. The zero-order chi connectivity index (χ0) is 22.7. The fourth-order valence-corrected chi connectivity index (χ4v) is 4.41. The Kier molecular flexibility index (Phi) is 6.94. The number of hydrogen-bond donors (Lipinski definition) is 2. The van der Waals surface area contributed by atoms with E-state index in [1.165, 1.54) is 27.8 Å². The van der Waals surface area contributed by atoms with E-state index >= 15 is 0 Å². The van der Waals surface area contributed by atoms with E-state index < -0.39 is 28.7 Å². The molecular formula is C22H23F2N3O3S. The number of hydrogen-bond acceptors (Lipinski definition) is 5. The second-order valence-electron chi connectivity index (χ2n) is 7.07. The van der Waals surface area contributed by atoms with E-state index in [9.17, 15) is 23.5 Å². The van der Waals surface area contributed by atoms with Crippen LogP contribution in [-0.4, -0.2) is 38.6 Å². The minimum Gasteiger partial charge on any atom is -0.503 e. The summed E-state index contributed by atoms with van der Waals surface area (Å²) in [5, 5.41) is 18.7. The third-order valence-electron chi connectivity index (χ3n) is 5.03. The van der Waals surface area contributed by atoms with E-state index in [4.69, 9.17) is 5.41 Å². The van der Waals surface area contributed by atoms with Crippen LogP contribution in [0.1, 0.15) is 41.9 Å². The van der Waals surface area contributed by atoms with Gasteiger partial charge in [0.25, 0.3) is 5.91 Å². The fourth-order valence-electron chi connectivity index (χ4n) is 3.41. The molecule has 0 fully saturated rings. The van der Waals surface area contributed by atoms with Crippen LogP contribution < -0.4 is 5.43 Å². The molecule has 6 nitrogen and oxygen atoms in total. The van der Waals surface area contributed by atoms with Crippen molar-refractivity contribution in [3.63, 3.8) is 0 Å². The van der Waals surface area contributed by atoms with Gasteiger partial charge < -0.3 is 14.6 Å². The number of rotatable bonds is 6. The number of fused-ring (bicyclic) bond motifs is 1. The first-order valence-electron chi connectivity index (χ1n) is 9.92. The molecule has 9 heteroatoms. The summed E-state index contributed by atoms with van der Waals surface area (Å²) in [5.74, 6) is -2.44. The number of likely N-dealkylation sites (N-methyl/N-ethyl adjacent to an activating group) is 1. The lowest BCUT2D eigenvalue weighted by Crippen LogP contribution is -2.41. The van der Waals surface area contributed by atoms with Gasteiger partial charge in [-0.1, -0.05) is 30.8 Å². The number of benzene rings is 1. The number of aromatic hydroxyl groups is 1. The van der Waals surface area contributed by atoms with E-state index in [-0.39, 0.29) is 28.3 Å². The first-order chi connectivity index (χ1) is 14.8. The Balaban J connectivity index is 1.90. The van der Waals surface area contributed by atoms with E-state index in [0.29, 0.717) is 31.0 Å². The lowest BCUT2D eigenvalue weighted by Gasteiger charge is -2.29. The molecule has 2 aromatic rings. The number of nitrogens with one attached hydrogen (secondary N) is 1. The van der Waals surface area contributed by atoms with Crippen LogP contribution in [-0.2, 0) is 13.0 Å². The maximum Gasteiger partial charge on any atom is 0.274 e. The van der Waals surface area contributed by atoms with Crippen molar-refractivity contribution in [2.45, 2.75) is 33.2 Å². The quantitative estimate of drug-likeness (QED) is 0.519. The van der Waals surface area contributed by atoms with Gasteiger partial charge in [-0.2, -0.15) is 0 Å². The monoisotopic (exact) mass is 447 g/mol. The van der Waals surface area contributed by atoms with Gasteiger partial charge in [0.15, 0.2) is 11.4 Å². The summed E-state index contributed by atoms with van der Waals surface area (Å²) in [4.78, 5) is 27.4. The molecule has 0 spiro atoms. The molecule has 0 saturated heterocycles. The summed E-state index contributed by atoms with van der Waals surface area (Å²) < 4.78 is 28.7. The van der Waals surface area contributed by atoms with Gasteiger partial charge in [-0.3, -0.25) is 15.0 Å². The second kappa shape index (κ2) is 9.47. The summed E-state index contributed by atoms with van der Waals surface area (Å²) in [6.07, 6.45) is 3.98. The molecule has 0 bridgehead atoms. The number of carbonyl (C=O) groups is 1. The van der Waals surface area contributed by atoms with Crippen molar-refractivity contribution in [2.24, 2.45) is 0 Å². The molecule has 0 unspecified atom stereocenters. The Bertz CT molecular complexity index is 1130. The molecule has 1 aliphatic rings. The zero-order valence-corrected chi connectivity index (χ0v) is 18.1. The van der Waals surface area contributed by atoms with Gasteiger partial charge in [0.05, 0.1) is 5.56 Å². The first kappa shape index (κ1) is 22.7. The van der Waals surface area contributed by atoms with Crippen LogP contribution in [0.25, 0.3) is 0 Å². The predicted octanol–water partition coefficient (Wildman–Crippen LogP) is 3.90. The zero-order valence-electron chi connectivity index (χ0n) is 17.2. The highest BCUT2D eigenvalue weighted by Crippen LogP contribution is 2.28. The molecule has 1 amide bonds. The molecule has 3 rings (SSSR count). The maximum atomic E-state index is 14.1. The molecule has 0 atom stereocenters. The van der Waals surface area contributed by atoms with Gasteiger partial charge in [-0.05, 0) is 29.9 Å². The van der Waals surface area contributed by atoms with Crippen molar-refractivity contribution < 1.29 is 18.7 Å². The van der Waals surface area contributed by atoms with E-state index in [1.54, 1.807) is 6.08 Å². The van der Waals surface area contributed by atoms with Crippen molar-refractivity contribution in [2.75, 3.05) is 13.1 Å². The minimum absolute atomic E-state index is 0.0365. The van der Waals surface area contributed by atoms with Crippen LogP contribution in [0.2, 0.25) is 0 Å². The van der Waals surface area contributed by atoms with E-state index in [2.05, 4.69) is 0 Å². The Morgan fingerprint density at radius 3 is 2.65 bits per heavy atom. The lowest BCUT2D eigenvalue weighted by atomic mass is 10.1. The number of aromatic nitrogens is 1. The molecule has 31 heavy (non-hydrogen) atoms. The van der Waals surface area contributed by atoms with Gasteiger partial charge in [0, 0.05) is 38.3 Å². The van der Waals surface area contributed by atoms with Crippen LogP contribution >= 0.6 is 11.8 Å². The number of carbonyl (C=O) groups excluding carboxylic acids is 1. The molecule has 0 saturated carbocycles. The summed E-state index contributed by atoms with van der Waals surface area (Å²) in [5.41, 5.74) is -0.626. The van der Waals surface area contributed by atoms with Crippen molar-refractivity contribution in [3.05, 3.63) is 74.1 Å². The lowest BCUT2D eigenvalue weighted by molar-refractivity contribution is 0.0707. The molecule has 0 aliphatic carbocycles. The van der Waals surface area contributed by atoms with Crippen LogP contribution in [0.3, 0.4) is 0 Å². The third-order valence-corrected chi connectivity index (χ3v) is 6.03. The van der Waals surface area contributed by atoms with Crippen molar-refractivity contribution in [3.8, 4) is 5.75 Å². The molecule has 1 aromatic heterocycles. The summed E-state index contributed by atoms with van der Waals surface area (Å²) in [6.45, 7) is 5.00. The van der Waals surface area contributed by atoms with Gasteiger partial charge in [-0.15, -0.1) is 0 Å². The normalized spacial score (nSPS) is 14.0. The van der Waals surface area contributed by atoms with Gasteiger partial charge >= 0.3 is 0 Å². The van der Waals surface area contributed by atoms with Crippen molar-refractivity contribution >= 4 is 22.7 Å². The largest absolute Gasteiger partial charge is 0.503 e. The molecule has 1 aromatic carbocycles. The number of halogens is 2. The Hall–Kier alpha value is -2.94. The van der Waals surface area contributed by atoms with Crippen LogP contribution in [0.5, 0.6) is 5.75 Å². The topological polar surface area (TPSA) is 86.4 Å². The van der Waals surface area contributed by atoms with Crippen LogP contribution in [0.15, 0.2) is 40.2 Å². The van der Waals surface area contributed by atoms with E-state index in [1.807, 2.05) is 13.8 Å². The minimum atomic E-state index is -0.793. The Morgan fingerprint density at radius 1 is 1.26 bits per heavy atom. The van der Waals surface area contributed by atoms with Crippen molar-refractivity contribution in [1.29, 1.82) is 5.41 Å². The van der Waals surface area contributed by atoms with Gasteiger partial charge in [-0.25, -0.2) is 8.78 Å². The fraction of sp³-hybridized carbons (Fsp3) is 0.318. The maximum absolute atomic E-state index is 14.1. The molecule has 2 N–H and O–H groups in total. The molecule has 164 valence electrons. The number of nitrogens with zero attached hydrogens (tertiary/aromatic N) is 2. The summed E-state index contributed by atoms with van der Waals surface area (Å²) in [7, 11) is 0. The van der Waals surface area contributed by atoms with Crippen LogP contribution in [0.4, 0.5) is 8.78 Å². The SMILES string of the molecule is CC/C=C(\Cc1ccc(F)cc1F)SC(=N)c1cn2c(c(O)c1=O)C(=O)N(CC)CC2. The number of allylic oxidation sites excluding steroid dienone is 2. The average molecular weight is 448 g/mol. The smallest absolute Gasteiger partial charge is 0.274 e. The second-order valence-corrected chi connectivity index (χ2v) is 8.21. The molecule has 1 aliphatic heterocycles. The predicted molar refractivity (Wildman–Crippen MR) is 117 cm³/mol. The number of pyridine rings is 1. The first-order valence-corrected chi connectivity index (χ1v) is 10.7. The highest BCUT2D eigenvalue weighted by atomic mass is 32.2. The summed E-state index contributed by atoms with van der Waals surface area (Å²) >= 11 is 0.974. The van der Waals surface area contributed by atoms with Crippen LogP contribution in [0, 0.1) is 17.0 Å². The Labute approximate surface area is 182 Å². The Morgan fingerprint density at radius 2 is 2.00 bits per heavy atom.